The van der Waals surface area contributed by atoms with Crippen LogP contribution in [0.15, 0.2) is 0 Å². The third-order valence-electron chi connectivity index (χ3n) is 27.6. The molecule has 32 amide bonds. The highest BCUT2D eigenvalue weighted by Gasteiger charge is 2.84. The molecule has 1 N–H and O–H groups in total. The summed E-state index contributed by atoms with van der Waals surface area (Å²) < 4.78 is 0. The van der Waals surface area contributed by atoms with Gasteiger partial charge in [0.1, 0.15) is 106 Å². The zero-order valence-corrected chi connectivity index (χ0v) is 54.1. The molecule has 24 aliphatic rings. The van der Waals surface area contributed by atoms with Gasteiger partial charge in [0, 0.05) is 6.54 Å². The van der Waals surface area contributed by atoms with Crippen molar-refractivity contribution in [2.45, 2.75) is 131 Å². The summed E-state index contributed by atoms with van der Waals surface area (Å²) in [6, 6.07) is -12.0. The molecule has 16 atom stereocenters. The third kappa shape index (κ3) is 5.07. The van der Waals surface area contributed by atoms with Crippen molar-refractivity contribution >= 4 is 96.5 Å². The number of nitrogens with one attached hydrogen (secondary N) is 1. The van der Waals surface area contributed by atoms with Crippen LogP contribution in [0.4, 0.5) is 76.7 Å². The Bertz CT molecular complexity index is 4370. The van der Waals surface area contributed by atoms with Crippen molar-refractivity contribution in [2.75, 3.05) is 107 Å². The molecule has 24 rings (SSSR count). The molecule has 0 aliphatic carbocycles. The second kappa shape index (κ2) is 15.8. The Morgan fingerprint density at radius 2 is 0.416 bits per heavy atom. The normalized spacial score (nSPS) is 41.5. The zero-order valence-electron chi connectivity index (χ0n) is 54.1. The molecule has 16 bridgehead atoms. The molecular weight excluding hydrogens is 1340 g/mol. The van der Waals surface area contributed by atoms with E-state index in [1.165, 1.54) is 152 Å². The highest BCUT2D eigenvalue weighted by atomic mass is 16.3. The number of nitrogens with zero attached hydrogens (tertiary/aromatic N) is 31. The minimum atomic E-state index is -1.88. The molecule has 0 aromatic rings. The van der Waals surface area contributed by atoms with E-state index in [0.29, 0.717) is 0 Å². The molecule has 48 nitrogen and oxygen atoms in total. The summed E-state index contributed by atoms with van der Waals surface area (Å²) in [4.78, 5) is 291. The quantitative estimate of drug-likeness (QED) is 0.256. The van der Waals surface area contributed by atoms with Gasteiger partial charge in [0.25, 0.3) is 0 Å². The molecule has 24 heterocycles. The van der Waals surface area contributed by atoms with Gasteiger partial charge in [-0.2, -0.15) is 0 Å². The van der Waals surface area contributed by atoms with E-state index >= 15 is 71.9 Å². The van der Waals surface area contributed by atoms with E-state index in [1.807, 2.05) is 0 Å². The lowest BCUT2D eigenvalue weighted by molar-refractivity contribution is -0.137. The van der Waals surface area contributed by atoms with Crippen LogP contribution in [0.3, 0.4) is 0 Å². The lowest BCUT2D eigenvalue weighted by Gasteiger charge is -2.53. The Morgan fingerprint density at radius 1 is 0.228 bits per heavy atom. The van der Waals surface area contributed by atoms with Crippen molar-refractivity contribution in [2.24, 2.45) is 0 Å². The van der Waals surface area contributed by atoms with E-state index < -0.39 is 293 Å². The van der Waals surface area contributed by atoms with Crippen LogP contribution >= 0.6 is 0 Å². The van der Waals surface area contributed by atoms with Gasteiger partial charge >= 0.3 is 96.5 Å². The van der Waals surface area contributed by atoms with Crippen LogP contribution in [0.2, 0.25) is 0 Å². The third-order valence-corrected chi connectivity index (χ3v) is 27.6. The molecule has 528 valence electrons. The molecule has 0 radical (unpaired) electrons. The molecule has 0 aromatic heterocycles. The molecule has 24 fully saturated rings. The highest BCUT2D eigenvalue weighted by molar-refractivity contribution is 5.97. The average molecular weight is 1400 g/mol. The predicted molar refractivity (Wildman–Crippen MR) is 309 cm³/mol. The Hall–Kier alpha value is -11.7. The number of urea groups is 16. The second-order valence-corrected chi connectivity index (χ2v) is 30.4. The number of fused-ring (bicyclic) bond motifs is 4. The summed E-state index contributed by atoms with van der Waals surface area (Å²) >= 11 is 0. The van der Waals surface area contributed by atoms with Crippen LogP contribution in [-0.4, -0.2) is 452 Å². The molecule has 24 aliphatic heterocycles. The van der Waals surface area contributed by atoms with Crippen LogP contribution in [0.25, 0.3) is 0 Å². The summed E-state index contributed by atoms with van der Waals surface area (Å²) in [5, 5.41) is 2.86. The summed E-state index contributed by atoms with van der Waals surface area (Å²) in [5.41, 5.74) is -7.49. The molecular formula is C53H60N32O16. The fraction of sp³-hybridized carbons (Fsp3) is 0.698. The van der Waals surface area contributed by atoms with Crippen LogP contribution in [0, 0.1) is 0 Å². The minimum absolute atomic E-state index is 0.0100. The van der Waals surface area contributed by atoms with E-state index in [0.717, 1.165) is 0 Å². The fourth-order valence-corrected chi connectivity index (χ4v) is 22.5. The number of amides is 32. The number of hydrogen-bond acceptors (Lipinski definition) is 16. The zero-order chi connectivity index (χ0) is 69.1. The van der Waals surface area contributed by atoms with Gasteiger partial charge in [0.2, 0.25) is 0 Å². The Labute approximate surface area is 566 Å². The van der Waals surface area contributed by atoms with Crippen LogP contribution in [-0.2, 0) is 0 Å². The Kier molecular flexibility index (Phi) is 8.65. The monoisotopic (exact) mass is 1400 g/mol. The number of hydrogen-bond donors (Lipinski definition) is 1. The SMILES string of the molecule is CCN1C(=O)N2CN3C(=O)N4CN5C(=O)N6CN7C(=O)N8CN9C(=O)N%10CN%11C(=O)N%12CN%13C(=O)N%14CN%15C(=O)NC%16C%15N%15CN%17C(=O)N(CN%18C(=O)N(CN%19C(=O)N(CN%20C(=O)N(CN%21C(=O)N(CN%22C(=O)N(CN%23C(=O)N(CN%16C%15=O)C1C2%23)C3C4%22)C5C6%21)C7(C)C8%20C)C9(C)C%10%19C)C%11C%12%18)C%13C%14%17. The summed E-state index contributed by atoms with van der Waals surface area (Å²) in [7, 11) is 0. The molecule has 101 heavy (non-hydrogen) atoms. The second-order valence-electron chi connectivity index (χ2n) is 30.4. The molecule has 24 saturated heterocycles. The first-order valence-corrected chi connectivity index (χ1v) is 33.5. The van der Waals surface area contributed by atoms with Gasteiger partial charge in [-0.15, -0.1) is 0 Å². The van der Waals surface area contributed by atoms with E-state index in [4.69, 9.17) is 0 Å². The fourth-order valence-electron chi connectivity index (χ4n) is 22.5. The number of likely N-dealkylation sites (N-methyl/N-ethyl adjacent to an activating group) is 1. The Balaban J connectivity index is 0.679. The highest BCUT2D eigenvalue weighted by Crippen LogP contribution is 2.61. The van der Waals surface area contributed by atoms with Gasteiger partial charge < -0.3 is 10.2 Å². The van der Waals surface area contributed by atoms with E-state index in [9.17, 15) is 4.79 Å². The average Bonchev–Trinajstić information content (AvgIpc) is 1.47. The molecule has 48 heteroatoms. The topological polar surface area (TPSA) is 386 Å². The maximum Gasteiger partial charge on any atom is 0.326 e. The standard InChI is InChI=1S/C53H60N32O16/c1-6-55-24-25-61(35(55)87)10-64-28-29-68(40(64)92)14-72-31-33-76(44(72)96)18-80-48(100)84-20-82-46(98)78-16-74-32-30-70(42(74)94)12-65-27-26-60(38(65)90)8-57-23-22(54-34(57)86)56-7-59(24)37(89)63(25)11-66(28)41(93)69(29)15-73(31)45(97)77(33)19-81-49(101)85(53(84,5)51(80,81)3)21-83-47(99)79(50(78,2)52(82,83)4)17-75(32)43(95)71(30)13-67(27)39(91)62(26)9-58(23)36(56)88/h22-33H,6-21H2,1-5H3,(H,54,86). The van der Waals surface area contributed by atoms with Crippen molar-refractivity contribution in [3.8, 4) is 0 Å². The van der Waals surface area contributed by atoms with Crippen LogP contribution < -0.4 is 5.32 Å². The predicted octanol–water partition coefficient (Wildman–Crippen LogP) is -5.66. The minimum Gasteiger partial charge on any atom is -0.314 e. The van der Waals surface area contributed by atoms with E-state index in [1.54, 1.807) is 34.6 Å². The van der Waals surface area contributed by atoms with Crippen molar-refractivity contribution in [1.29, 1.82) is 0 Å². The first-order valence-electron chi connectivity index (χ1n) is 33.5. The summed E-state index contributed by atoms with van der Waals surface area (Å²) in [6.07, 6.45) is -15.3. The van der Waals surface area contributed by atoms with Gasteiger partial charge in [0.15, 0.2) is 90.5 Å². The van der Waals surface area contributed by atoms with Gasteiger partial charge in [-0.3, -0.25) is 147 Å². The first-order chi connectivity index (χ1) is 48.2. The van der Waals surface area contributed by atoms with Gasteiger partial charge in [0.05, 0.1) is 0 Å². The van der Waals surface area contributed by atoms with E-state index in [2.05, 4.69) is 5.32 Å². The smallest absolute Gasteiger partial charge is 0.314 e. The van der Waals surface area contributed by atoms with E-state index in [-0.39, 0.29) is 6.54 Å². The van der Waals surface area contributed by atoms with Crippen LogP contribution in [0.5, 0.6) is 0 Å². The maximum absolute atomic E-state index is 16.1. The van der Waals surface area contributed by atoms with Gasteiger partial charge in [-0.05, 0) is 34.6 Å². The number of carbonyl (C=O) groups excluding carboxylic acids is 16. The summed E-state index contributed by atoms with van der Waals surface area (Å²) in [6.45, 7) is -0.702. The number of rotatable bonds is 1. The largest absolute Gasteiger partial charge is 0.326 e. The van der Waals surface area contributed by atoms with Gasteiger partial charge in [-0.1, -0.05) is 0 Å². The first kappa shape index (κ1) is 55.2. The van der Waals surface area contributed by atoms with Crippen molar-refractivity contribution in [1.82, 2.24) is 157 Å². The molecule has 16 unspecified atom stereocenters. The van der Waals surface area contributed by atoms with Crippen LogP contribution in [0.1, 0.15) is 34.6 Å². The van der Waals surface area contributed by atoms with Crippen molar-refractivity contribution < 1.29 is 76.7 Å². The molecule has 0 spiro atoms. The Morgan fingerprint density at radius 3 is 0.683 bits per heavy atom. The summed E-state index contributed by atoms with van der Waals surface area (Å²) in [5.74, 6) is 0. The van der Waals surface area contributed by atoms with Crippen molar-refractivity contribution in [3.63, 3.8) is 0 Å². The molecule has 0 aromatic carbocycles. The van der Waals surface area contributed by atoms with Gasteiger partial charge in [-0.25, -0.2) is 76.7 Å². The lowest BCUT2D eigenvalue weighted by atomic mass is 9.92. The van der Waals surface area contributed by atoms with Crippen molar-refractivity contribution in [3.05, 3.63) is 0 Å². The molecule has 0 saturated carbocycles. The lowest BCUT2D eigenvalue weighted by Crippen LogP contribution is -2.74. The maximum atomic E-state index is 16.1. The number of carbonyl (C=O) groups is 16.